The number of carbonyl (C=O) groups is 3. The summed E-state index contributed by atoms with van der Waals surface area (Å²) in [6.45, 7) is 15.5. The first-order valence-electron chi connectivity index (χ1n) is 15.0. The lowest BCUT2D eigenvalue weighted by molar-refractivity contribution is -0.143. The predicted octanol–water partition coefficient (Wildman–Crippen LogP) is 7.61. The number of ether oxygens (including phenoxy) is 1. The van der Waals surface area contributed by atoms with Crippen molar-refractivity contribution in [2.75, 3.05) is 11.1 Å². The second-order valence-corrected chi connectivity index (χ2v) is 13.1. The van der Waals surface area contributed by atoms with Crippen molar-refractivity contribution < 1.29 is 19.1 Å². The molecule has 3 amide bonds. The van der Waals surface area contributed by atoms with Crippen molar-refractivity contribution in [2.45, 2.75) is 92.0 Å². The predicted molar refractivity (Wildman–Crippen MR) is 179 cm³/mol. The number of aryl methyl sites for hydroxylation is 2. The molecule has 0 aliphatic heterocycles. The highest BCUT2D eigenvalue weighted by Gasteiger charge is 2.39. The molecule has 2 N–H and O–H groups in total. The summed E-state index contributed by atoms with van der Waals surface area (Å²) in [4.78, 5) is 43.1. The van der Waals surface area contributed by atoms with Crippen LogP contribution in [0.4, 0.5) is 10.5 Å². The van der Waals surface area contributed by atoms with Gasteiger partial charge in [-0.1, -0.05) is 67.9 Å². The van der Waals surface area contributed by atoms with E-state index in [9.17, 15) is 14.4 Å². The van der Waals surface area contributed by atoms with Crippen LogP contribution in [0.2, 0.25) is 0 Å². The van der Waals surface area contributed by atoms with E-state index < -0.39 is 29.7 Å². The van der Waals surface area contributed by atoms with Crippen molar-refractivity contribution in [1.82, 2.24) is 10.2 Å². The van der Waals surface area contributed by atoms with Crippen LogP contribution in [0.3, 0.4) is 0 Å². The van der Waals surface area contributed by atoms with Gasteiger partial charge in [-0.15, -0.1) is 0 Å². The second kappa shape index (κ2) is 14.8. The van der Waals surface area contributed by atoms with Crippen LogP contribution in [0.5, 0.6) is 0 Å². The minimum atomic E-state index is -0.999. The highest BCUT2D eigenvalue weighted by Crippen LogP contribution is 2.31. The SMILES string of the molecule is Cc1ccc(C(C(=O)Nc2ccc3ccccc3c2)N(C(=O)C(CS)NC(=O)OC(C)(C)C)C(C)CCC(C)C)c(C)c1. The normalized spacial score (nSPS) is 13.7. The molecule has 7 nitrogen and oxygen atoms in total. The van der Waals surface area contributed by atoms with Gasteiger partial charge in [-0.2, -0.15) is 12.6 Å². The molecule has 0 saturated heterocycles. The number of nitrogens with zero attached hydrogens (tertiary/aromatic N) is 1. The largest absolute Gasteiger partial charge is 0.444 e. The van der Waals surface area contributed by atoms with Crippen LogP contribution < -0.4 is 10.6 Å². The molecule has 43 heavy (non-hydrogen) atoms. The number of nitrogens with one attached hydrogen (secondary N) is 2. The zero-order chi connectivity index (χ0) is 31.9. The van der Waals surface area contributed by atoms with Gasteiger partial charge in [0, 0.05) is 17.5 Å². The summed E-state index contributed by atoms with van der Waals surface area (Å²) >= 11 is 4.43. The average Bonchev–Trinajstić information content (AvgIpc) is 2.92. The Labute approximate surface area is 262 Å². The van der Waals surface area contributed by atoms with Gasteiger partial charge in [-0.3, -0.25) is 9.59 Å². The maximum atomic E-state index is 14.4. The number of fused-ring (bicyclic) bond motifs is 1. The average molecular weight is 606 g/mol. The van der Waals surface area contributed by atoms with Crippen molar-refractivity contribution in [3.8, 4) is 0 Å². The van der Waals surface area contributed by atoms with E-state index in [1.807, 2.05) is 81.4 Å². The van der Waals surface area contributed by atoms with Crippen LogP contribution in [-0.2, 0) is 14.3 Å². The van der Waals surface area contributed by atoms with Crippen LogP contribution in [0.1, 0.15) is 77.1 Å². The van der Waals surface area contributed by atoms with E-state index in [4.69, 9.17) is 4.74 Å². The maximum Gasteiger partial charge on any atom is 0.408 e. The van der Waals surface area contributed by atoms with Crippen LogP contribution in [0, 0.1) is 19.8 Å². The van der Waals surface area contributed by atoms with Crippen molar-refractivity contribution in [2.24, 2.45) is 5.92 Å². The Morgan fingerprint density at radius 3 is 2.19 bits per heavy atom. The van der Waals surface area contributed by atoms with Gasteiger partial charge < -0.3 is 20.3 Å². The molecular formula is C35H47N3O4S. The van der Waals surface area contributed by atoms with Crippen LogP contribution in [0.25, 0.3) is 10.8 Å². The van der Waals surface area contributed by atoms with E-state index in [2.05, 4.69) is 37.1 Å². The zero-order valence-corrected chi connectivity index (χ0v) is 27.6. The Hall–Kier alpha value is -3.52. The fourth-order valence-electron chi connectivity index (χ4n) is 5.16. The minimum absolute atomic E-state index is 0.0391. The molecule has 8 heteroatoms. The molecule has 0 heterocycles. The number of anilines is 1. The van der Waals surface area contributed by atoms with Crippen molar-refractivity contribution >= 4 is 47.0 Å². The fraction of sp³-hybridized carbons (Fsp3) is 0.457. The Bertz CT molecular complexity index is 1430. The van der Waals surface area contributed by atoms with Gasteiger partial charge >= 0.3 is 6.09 Å². The molecule has 0 fully saturated rings. The number of carbonyl (C=O) groups excluding carboxylic acids is 3. The molecule has 0 aromatic heterocycles. The number of thiol groups is 1. The summed E-state index contributed by atoms with van der Waals surface area (Å²) in [6.07, 6.45) is 0.833. The molecule has 232 valence electrons. The Morgan fingerprint density at radius 2 is 1.58 bits per heavy atom. The third-order valence-corrected chi connectivity index (χ3v) is 7.69. The molecular weight excluding hydrogens is 558 g/mol. The van der Waals surface area contributed by atoms with Gasteiger partial charge in [0.2, 0.25) is 5.91 Å². The van der Waals surface area contributed by atoms with E-state index in [-0.39, 0.29) is 17.7 Å². The molecule has 3 rings (SSSR count). The van der Waals surface area contributed by atoms with Gasteiger partial charge in [-0.25, -0.2) is 4.79 Å². The van der Waals surface area contributed by atoms with Gasteiger partial charge in [-0.05, 0) is 94.3 Å². The van der Waals surface area contributed by atoms with E-state index in [1.54, 1.807) is 25.7 Å². The smallest absolute Gasteiger partial charge is 0.408 e. The van der Waals surface area contributed by atoms with E-state index >= 15 is 0 Å². The molecule has 0 radical (unpaired) electrons. The summed E-state index contributed by atoms with van der Waals surface area (Å²) < 4.78 is 5.44. The summed E-state index contributed by atoms with van der Waals surface area (Å²) in [5.74, 6) is -0.277. The van der Waals surface area contributed by atoms with Crippen molar-refractivity contribution in [3.63, 3.8) is 0 Å². The first kappa shape index (κ1) is 34.0. The zero-order valence-electron chi connectivity index (χ0n) is 26.7. The molecule has 0 spiro atoms. The van der Waals surface area contributed by atoms with Gasteiger partial charge in [0.15, 0.2) is 0 Å². The van der Waals surface area contributed by atoms with E-state index in [0.29, 0.717) is 18.0 Å². The number of alkyl carbamates (subject to hydrolysis) is 1. The first-order valence-corrected chi connectivity index (χ1v) is 15.6. The molecule has 3 aromatic carbocycles. The third-order valence-electron chi connectivity index (χ3n) is 7.33. The Balaban J connectivity index is 2.09. The number of hydrogen-bond donors (Lipinski definition) is 3. The quantitative estimate of drug-likeness (QED) is 0.196. The highest BCUT2D eigenvalue weighted by atomic mass is 32.1. The molecule has 3 unspecified atom stereocenters. The van der Waals surface area contributed by atoms with Gasteiger partial charge in [0.05, 0.1) is 0 Å². The van der Waals surface area contributed by atoms with Gasteiger partial charge in [0.25, 0.3) is 5.91 Å². The topological polar surface area (TPSA) is 87.7 Å². The molecule has 0 aliphatic carbocycles. The summed E-state index contributed by atoms with van der Waals surface area (Å²) in [6, 6.07) is 17.3. The molecule has 0 aliphatic rings. The lowest BCUT2D eigenvalue weighted by Crippen LogP contribution is -2.55. The van der Waals surface area contributed by atoms with Crippen molar-refractivity contribution in [3.05, 3.63) is 77.4 Å². The standard InChI is InChI=1S/C35H47N3O4S/c1-22(2)13-15-25(5)38(33(40)30(21-43)37-34(41)42-35(6,7)8)31(29-18-14-23(3)19-24(29)4)32(39)36-28-17-16-26-11-9-10-12-27(26)20-28/h9-12,14,16-20,22,25,30-31,43H,13,15,21H2,1-8H3,(H,36,39)(H,37,41). The highest BCUT2D eigenvalue weighted by molar-refractivity contribution is 7.80. The first-order chi connectivity index (χ1) is 20.2. The Morgan fingerprint density at radius 1 is 0.907 bits per heavy atom. The molecule has 0 saturated carbocycles. The fourth-order valence-corrected chi connectivity index (χ4v) is 5.40. The Kier molecular flexibility index (Phi) is 11.7. The summed E-state index contributed by atoms with van der Waals surface area (Å²) in [5, 5.41) is 7.86. The number of amides is 3. The third kappa shape index (κ3) is 9.48. The number of rotatable bonds is 11. The monoisotopic (exact) mass is 605 g/mol. The number of hydrogen-bond acceptors (Lipinski definition) is 5. The summed E-state index contributed by atoms with van der Waals surface area (Å²) in [7, 11) is 0. The van der Waals surface area contributed by atoms with Crippen LogP contribution >= 0.6 is 12.6 Å². The van der Waals surface area contributed by atoms with Crippen LogP contribution in [0.15, 0.2) is 60.7 Å². The lowest BCUT2D eigenvalue weighted by atomic mass is 9.93. The van der Waals surface area contributed by atoms with E-state index in [1.165, 1.54) is 0 Å². The van der Waals surface area contributed by atoms with Crippen LogP contribution in [-0.4, -0.2) is 46.2 Å². The van der Waals surface area contributed by atoms with Crippen molar-refractivity contribution in [1.29, 1.82) is 0 Å². The molecule has 0 bridgehead atoms. The second-order valence-electron chi connectivity index (χ2n) is 12.8. The summed E-state index contributed by atoms with van der Waals surface area (Å²) in [5.41, 5.74) is 2.58. The maximum absolute atomic E-state index is 14.4. The van der Waals surface area contributed by atoms with E-state index in [0.717, 1.165) is 33.9 Å². The molecule has 3 atom stereocenters. The van der Waals surface area contributed by atoms with Gasteiger partial charge in [0.1, 0.15) is 17.7 Å². The number of benzene rings is 3. The molecule has 3 aromatic rings. The lowest BCUT2D eigenvalue weighted by Gasteiger charge is -2.39. The minimum Gasteiger partial charge on any atom is -0.444 e.